The minimum atomic E-state index is -0.334. The predicted octanol–water partition coefficient (Wildman–Crippen LogP) is 5.34. The van der Waals surface area contributed by atoms with E-state index in [-0.39, 0.29) is 18.4 Å². The molecule has 8 heteroatoms. The molecule has 8 nitrogen and oxygen atoms in total. The second kappa shape index (κ2) is 11.1. The van der Waals surface area contributed by atoms with Crippen LogP contribution in [0.3, 0.4) is 0 Å². The van der Waals surface area contributed by atoms with E-state index >= 15 is 0 Å². The fraction of sp³-hybridized carbons (Fsp3) is 0.375. The van der Waals surface area contributed by atoms with Crippen LogP contribution in [0.5, 0.6) is 11.5 Å². The van der Waals surface area contributed by atoms with Crippen molar-refractivity contribution in [2.75, 3.05) is 19.0 Å². The van der Waals surface area contributed by atoms with E-state index in [1.807, 2.05) is 12.1 Å². The number of methoxy groups -OCH3 is 1. The Labute approximate surface area is 234 Å². The summed E-state index contributed by atoms with van der Waals surface area (Å²) in [5.41, 5.74) is 6.19. The van der Waals surface area contributed by atoms with Gasteiger partial charge in [0.2, 0.25) is 0 Å². The third-order valence-electron chi connectivity index (χ3n) is 8.69. The summed E-state index contributed by atoms with van der Waals surface area (Å²) in [5, 5.41) is 6.94. The normalized spacial score (nSPS) is 24.6. The van der Waals surface area contributed by atoms with Crippen LogP contribution in [-0.2, 0) is 10.2 Å². The van der Waals surface area contributed by atoms with Crippen molar-refractivity contribution in [1.29, 1.82) is 0 Å². The summed E-state index contributed by atoms with van der Waals surface area (Å²) in [7, 11) is 1.53. The zero-order valence-electron chi connectivity index (χ0n) is 22.6. The second-order valence-corrected chi connectivity index (χ2v) is 11.5. The van der Waals surface area contributed by atoms with E-state index in [9.17, 15) is 9.59 Å². The van der Waals surface area contributed by atoms with Crippen molar-refractivity contribution < 1.29 is 19.1 Å². The molecule has 4 fully saturated rings. The first kappa shape index (κ1) is 26.0. The number of nitrogens with zero attached hydrogens (tertiary/aromatic N) is 2. The summed E-state index contributed by atoms with van der Waals surface area (Å²) >= 11 is 0. The number of anilines is 1. The molecule has 0 spiro atoms. The third-order valence-corrected chi connectivity index (χ3v) is 8.69. The number of rotatable bonds is 9. The zero-order chi connectivity index (χ0) is 27.5. The van der Waals surface area contributed by atoms with E-state index in [1.54, 1.807) is 42.7 Å². The average molecular weight is 539 g/mol. The number of hydrogen-bond acceptors (Lipinski definition) is 6. The van der Waals surface area contributed by atoms with Crippen LogP contribution in [0.15, 0.2) is 72.1 Å². The van der Waals surface area contributed by atoms with Crippen molar-refractivity contribution in [3.05, 3.63) is 83.7 Å². The van der Waals surface area contributed by atoms with Gasteiger partial charge in [-0.05, 0) is 115 Å². The maximum absolute atomic E-state index is 12.6. The van der Waals surface area contributed by atoms with E-state index in [0.717, 1.165) is 23.4 Å². The zero-order valence-corrected chi connectivity index (χ0v) is 22.6. The Hall–Kier alpha value is -4.20. The minimum absolute atomic E-state index is 0.150. The summed E-state index contributed by atoms with van der Waals surface area (Å²) in [6, 6.07) is 16.9. The molecular formula is C32H34N4O4. The molecule has 4 aliphatic carbocycles. The van der Waals surface area contributed by atoms with E-state index in [1.165, 1.54) is 57.4 Å². The van der Waals surface area contributed by atoms with E-state index in [0.29, 0.717) is 28.0 Å². The first-order valence-electron chi connectivity index (χ1n) is 13.9. The molecule has 1 heterocycles. The summed E-state index contributed by atoms with van der Waals surface area (Å²) in [5.74, 6) is 3.02. The Morgan fingerprint density at radius 3 is 2.27 bits per heavy atom. The fourth-order valence-corrected chi connectivity index (χ4v) is 7.33. The minimum Gasteiger partial charge on any atom is -0.493 e. The number of hydrogen-bond donors (Lipinski definition) is 2. The van der Waals surface area contributed by atoms with Gasteiger partial charge in [-0.25, -0.2) is 5.43 Å². The fourth-order valence-electron chi connectivity index (χ4n) is 7.33. The Morgan fingerprint density at radius 2 is 1.62 bits per heavy atom. The lowest BCUT2D eigenvalue weighted by Crippen LogP contribution is -2.48. The van der Waals surface area contributed by atoms with Gasteiger partial charge in [-0.2, -0.15) is 5.10 Å². The van der Waals surface area contributed by atoms with Crippen molar-refractivity contribution in [2.45, 2.75) is 43.9 Å². The van der Waals surface area contributed by atoms with Crippen LogP contribution in [0.2, 0.25) is 0 Å². The number of pyridine rings is 1. The Bertz CT molecular complexity index is 1370. The highest BCUT2D eigenvalue weighted by Crippen LogP contribution is 2.60. The molecule has 0 atom stereocenters. The van der Waals surface area contributed by atoms with Gasteiger partial charge in [0.15, 0.2) is 18.1 Å². The van der Waals surface area contributed by atoms with Gasteiger partial charge < -0.3 is 14.8 Å². The molecule has 1 aromatic heterocycles. The molecule has 3 aromatic rings. The Balaban J connectivity index is 1.02. The van der Waals surface area contributed by atoms with E-state index in [2.05, 4.69) is 33.0 Å². The lowest BCUT2D eigenvalue weighted by molar-refractivity contribution is -0.118. The summed E-state index contributed by atoms with van der Waals surface area (Å²) in [4.78, 5) is 28.6. The van der Waals surface area contributed by atoms with Crippen LogP contribution in [0.25, 0.3) is 0 Å². The van der Waals surface area contributed by atoms with Crippen LogP contribution >= 0.6 is 0 Å². The molecule has 4 saturated carbocycles. The van der Waals surface area contributed by atoms with Crippen LogP contribution in [0.4, 0.5) is 5.69 Å². The maximum Gasteiger partial charge on any atom is 0.271 e. The molecule has 4 aliphatic rings. The largest absolute Gasteiger partial charge is 0.493 e. The number of aromatic nitrogens is 1. The van der Waals surface area contributed by atoms with Crippen LogP contribution < -0.4 is 20.2 Å². The maximum atomic E-state index is 12.6. The van der Waals surface area contributed by atoms with Crippen molar-refractivity contribution in [2.24, 2.45) is 22.9 Å². The number of ether oxygens (including phenoxy) is 2. The highest BCUT2D eigenvalue weighted by atomic mass is 16.5. The van der Waals surface area contributed by atoms with Crippen molar-refractivity contribution in [3.8, 4) is 11.5 Å². The molecule has 0 aliphatic heterocycles. The first-order chi connectivity index (χ1) is 19.5. The quantitative estimate of drug-likeness (QED) is 0.283. The SMILES string of the molecule is COc1cc(/C=N/NC(=O)c2ccncc2)ccc1OCC(=O)Nc1ccc(C23CC4CC(CC(C4)C2)C3)cc1. The predicted molar refractivity (Wildman–Crippen MR) is 153 cm³/mol. The lowest BCUT2D eigenvalue weighted by atomic mass is 9.48. The van der Waals surface area contributed by atoms with Crippen molar-refractivity contribution >= 4 is 23.7 Å². The van der Waals surface area contributed by atoms with Gasteiger partial charge in [-0.15, -0.1) is 0 Å². The van der Waals surface area contributed by atoms with E-state index < -0.39 is 0 Å². The number of amides is 2. The van der Waals surface area contributed by atoms with Gasteiger partial charge in [-0.3, -0.25) is 14.6 Å². The number of nitrogens with one attached hydrogen (secondary N) is 2. The highest BCUT2D eigenvalue weighted by molar-refractivity contribution is 5.94. The van der Waals surface area contributed by atoms with Gasteiger partial charge in [0.05, 0.1) is 13.3 Å². The molecule has 2 amide bonds. The molecule has 7 rings (SSSR count). The molecule has 0 saturated heterocycles. The molecule has 0 unspecified atom stereocenters. The Kier molecular flexibility index (Phi) is 7.24. The molecule has 2 aromatic carbocycles. The van der Waals surface area contributed by atoms with Crippen LogP contribution in [0, 0.1) is 17.8 Å². The molecule has 0 radical (unpaired) electrons. The topological polar surface area (TPSA) is 102 Å². The Morgan fingerprint density at radius 1 is 0.950 bits per heavy atom. The number of carbonyl (C=O) groups is 2. The smallest absolute Gasteiger partial charge is 0.271 e. The molecule has 2 N–H and O–H groups in total. The summed E-state index contributed by atoms with van der Waals surface area (Å²) in [6.07, 6.45) is 12.9. The van der Waals surface area contributed by atoms with Crippen molar-refractivity contribution in [3.63, 3.8) is 0 Å². The second-order valence-electron chi connectivity index (χ2n) is 11.5. The monoisotopic (exact) mass is 538 g/mol. The highest BCUT2D eigenvalue weighted by Gasteiger charge is 2.51. The average Bonchev–Trinajstić information content (AvgIpc) is 2.96. The summed E-state index contributed by atoms with van der Waals surface area (Å²) < 4.78 is 11.2. The first-order valence-corrected chi connectivity index (χ1v) is 13.9. The van der Waals surface area contributed by atoms with Crippen LogP contribution in [-0.4, -0.2) is 36.7 Å². The standard InChI is InChI=1S/C32H34N4O4/c1-39-29-15-21(19-34-36-31(38)25-8-10-33-11-9-25)2-7-28(29)40-20-30(37)35-27-5-3-26(4-6-27)32-16-22-12-23(17-32)14-24(13-22)18-32/h2-11,15,19,22-24H,12-14,16-18,20H2,1H3,(H,35,37)(H,36,38)/b34-19+. The molecule has 40 heavy (non-hydrogen) atoms. The number of hydrazone groups is 1. The molecular weight excluding hydrogens is 504 g/mol. The van der Waals surface area contributed by atoms with Gasteiger partial charge in [-0.1, -0.05) is 12.1 Å². The van der Waals surface area contributed by atoms with Gasteiger partial charge >= 0.3 is 0 Å². The van der Waals surface area contributed by atoms with Crippen molar-refractivity contribution in [1.82, 2.24) is 10.4 Å². The van der Waals surface area contributed by atoms with Gasteiger partial charge in [0.1, 0.15) is 0 Å². The van der Waals surface area contributed by atoms with Gasteiger partial charge in [0, 0.05) is 23.6 Å². The molecule has 206 valence electrons. The van der Waals surface area contributed by atoms with E-state index in [4.69, 9.17) is 9.47 Å². The third kappa shape index (κ3) is 5.57. The lowest BCUT2D eigenvalue weighted by Gasteiger charge is -2.57. The van der Waals surface area contributed by atoms with Crippen LogP contribution in [0.1, 0.15) is 60.0 Å². The number of benzene rings is 2. The summed E-state index contributed by atoms with van der Waals surface area (Å²) in [6.45, 7) is -0.150. The molecule has 4 bridgehead atoms. The van der Waals surface area contributed by atoms with Gasteiger partial charge in [0.25, 0.3) is 11.8 Å². The number of carbonyl (C=O) groups excluding carboxylic acids is 2.